The number of nitrogens with zero attached hydrogens (tertiary/aromatic N) is 1. The molecule has 0 saturated heterocycles. The maximum atomic E-state index is 12.7. The van der Waals surface area contributed by atoms with Crippen LogP contribution in [0.15, 0.2) is 29.2 Å². The van der Waals surface area contributed by atoms with Crippen LogP contribution in [-0.2, 0) is 24.3 Å². The van der Waals surface area contributed by atoms with Gasteiger partial charge < -0.3 is 15.4 Å². The molecule has 0 spiro atoms. The summed E-state index contributed by atoms with van der Waals surface area (Å²) in [5.41, 5.74) is 0.104. The monoisotopic (exact) mass is 455 g/mol. The number of rotatable bonds is 12. The predicted octanol–water partition coefficient (Wildman–Crippen LogP) is 1.54. The first kappa shape index (κ1) is 26.6. The first-order valence-electron chi connectivity index (χ1n) is 10.4. The van der Waals surface area contributed by atoms with Crippen molar-refractivity contribution in [3.05, 3.63) is 29.8 Å². The van der Waals surface area contributed by atoms with Gasteiger partial charge >= 0.3 is 5.97 Å². The third-order valence-corrected chi connectivity index (χ3v) is 6.61. The van der Waals surface area contributed by atoms with Gasteiger partial charge in [-0.05, 0) is 30.5 Å². The topological polar surface area (TPSA) is 122 Å². The number of benzene rings is 1. The minimum absolute atomic E-state index is 0.000110. The van der Waals surface area contributed by atoms with E-state index in [2.05, 4.69) is 10.6 Å². The second-order valence-corrected chi connectivity index (χ2v) is 9.21. The van der Waals surface area contributed by atoms with Gasteiger partial charge in [0.15, 0.2) is 6.61 Å². The Morgan fingerprint density at radius 3 is 2.29 bits per heavy atom. The zero-order chi connectivity index (χ0) is 23.6. The van der Waals surface area contributed by atoms with Gasteiger partial charge in [0, 0.05) is 25.2 Å². The smallest absolute Gasteiger partial charge is 0.329 e. The summed E-state index contributed by atoms with van der Waals surface area (Å²) in [5, 5.41) is 5.18. The minimum atomic E-state index is -3.73. The molecule has 174 valence electrons. The molecule has 1 atom stereocenters. The molecule has 0 aliphatic carbocycles. The largest absolute Gasteiger partial charge is 0.454 e. The van der Waals surface area contributed by atoms with Crippen LogP contribution in [0.3, 0.4) is 0 Å². The average Bonchev–Trinajstić information content (AvgIpc) is 2.74. The summed E-state index contributed by atoms with van der Waals surface area (Å²) in [6.07, 6.45) is 0.757. The van der Waals surface area contributed by atoms with E-state index in [1.807, 2.05) is 6.92 Å². The molecule has 2 amide bonds. The summed E-state index contributed by atoms with van der Waals surface area (Å²) < 4.78 is 31.8. The number of hydrogen-bond donors (Lipinski definition) is 2. The maximum Gasteiger partial charge on any atom is 0.329 e. The van der Waals surface area contributed by atoms with Crippen LogP contribution in [0.25, 0.3) is 0 Å². The lowest BCUT2D eigenvalue weighted by Gasteiger charge is -2.21. The van der Waals surface area contributed by atoms with Gasteiger partial charge in [-0.1, -0.05) is 40.7 Å². The Morgan fingerprint density at radius 2 is 1.74 bits per heavy atom. The van der Waals surface area contributed by atoms with Crippen molar-refractivity contribution in [2.45, 2.75) is 52.0 Å². The Balaban J connectivity index is 2.94. The minimum Gasteiger partial charge on any atom is -0.454 e. The van der Waals surface area contributed by atoms with Crippen LogP contribution in [0, 0.1) is 5.92 Å². The Kier molecular flexibility index (Phi) is 10.6. The van der Waals surface area contributed by atoms with Crippen molar-refractivity contribution in [3.8, 4) is 0 Å². The van der Waals surface area contributed by atoms with Crippen molar-refractivity contribution in [2.24, 2.45) is 5.92 Å². The number of carbonyl (C=O) groups excluding carboxylic acids is 3. The van der Waals surface area contributed by atoms with Crippen LogP contribution < -0.4 is 10.6 Å². The highest BCUT2D eigenvalue weighted by Gasteiger charge is 2.28. The SMILES string of the molecule is CCCNC(=O)COC(=O)[C@@H](NC(=O)c1cccc(S(=O)(=O)N(CC)CC)c1)C(C)C. The molecule has 0 aromatic heterocycles. The Bertz CT molecular complexity index is 866. The van der Waals surface area contributed by atoms with E-state index in [0.29, 0.717) is 19.6 Å². The van der Waals surface area contributed by atoms with E-state index in [9.17, 15) is 22.8 Å². The number of amides is 2. The van der Waals surface area contributed by atoms with Crippen molar-refractivity contribution >= 4 is 27.8 Å². The van der Waals surface area contributed by atoms with Crippen molar-refractivity contribution in [2.75, 3.05) is 26.2 Å². The Morgan fingerprint density at radius 1 is 1.10 bits per heavy atom. The van der Waals surface area contributed by atoms with Crippen molar-refractivity contribution in [3.63, 3.8) is 0 Å². The number of nitrogens with one attached hydrogen (secondary N) is 2. The molecule has 0 bridgehead atoms. The lowest BCUT2D eigenvalue weighted by Crippen LogP contribution is -2.46. The molecule has 0 fully saturated rings. The fourth-order valence-electron chi connectivity index (χ4n) is 2.77. The number of carbonyl (C=O) groups is 3. The van der Waals surface area contributed by atoms with E-state index in [-0.39, 0.29) is 16.4 Å². The lowest BCUT2D eigenvalue weighted by atomic mass is 10.0. The predicted molar refractivity (Wildman–Crippen MR) is 117 cm³/mol. The Hall–Kier alpha value is -2.46. The van der Waals surface area contributed by atoms with Gasteiger partial charge in [0.05, 0.1) is 4.90 Å². The van der Waals surface area contributed by atoms with E-state index in [1.54, 1.807) is 27.7 Å². The van der Waals surface area contributed by atoms with Crippen molar-refractivity contribution < 1.29 is 27.5 Å². The van der Waals surface area contributed by atoms with E-state index in [4.69, 9.17) is 4.74 Å². The van der Waals surface area contributed by atoms with Crippen LogP contribution in [0.5, 0.6) is 0 Å². The molecular weight excluding hydrogens is 422 g/mol. The number of hydrogen-bond acceptors (Lipinski definition) is 6. The summed E-state index contributed by atoms with van der Waals surface area (Å²) in [6.45, 7) is 9.49. The van der Waals surface area contributed by atoms with Crippen LogP contribution in [0.1, 0.15) is 51.4 Å². The molecule has 0 radical (unpaired) electrons. The van der Waals surface area contributed by atoms with Gasteiger partial charge in [0.25, 0.3) is 11.8 Å². The quantitative estimate of drug-likeness (QED) is 0.461. The number of sulfonamides is 1. The molecule has 1 aromatic rings. The van der Waals surface area contributed by atoms with Gasteiger partial charge in [-0.2, -0.15) is 4.31 Å². The van der Waals surface area contributed by atoms with E-state index in [0.717, 1.165) is 6.42 Å². The molecule has 0 aliphatic rings. The highest BCUT2D eigenvalue weighted by atomic mass is 32.2. The third-order valence-electron chi connectivity index (χ3n) is 4.56. The third kappa shape index (κ3) is 7.62. The van der Waals surface area contributed by atoms with Gasteiger partial charge in [-0.3, -0.25) is 9.59 Å². The molecule has 10 heteroatoms. The number of esters is 1. The normalized spacial score (nSPS) is 12.5. The van der Waals surface area contributed by atoms with Crippen LogP contribution in [0.2, 0.25) is 0 Å². The summed E-state index contributed by atoms with van der Waals surface area (Å²) in [7, 11) is -3.73. The van der Waals surface area contributed by atoms with Gasteiger partial charge in [0.2, 0.25) is 10.0 Å². The van der Waals surface area contributed by atoms with Gasteiger partial charge in [-0.25, -0.2) is 13.2 Å². The van der Waals surface area contributed by atoms with E-state index in [1.165, 1.54) is 28.6 Å². The summed E-state index contributed by atoms with van der Waals surface area (Å²) >= 11 is 0. The highest BCUT2D eigenvalue weighted by molar-refractivity contribution is 7.89. The van der Waals surface area contributed by atoms with Gasteiger partial charge in [0.1, 0.15) is 6.04 Å². The van der Waals surface area contributed by atoms with Crippen molar-refractivity contribution in [1.29, 1.82) is 0 Å². The van der Waals surface area contributed by atoms with Crippen LogP contribution >= 0.6 is 0 Å². The first-order chi connectivity index (χ1) is 14.6. The van der Waals surface area contributed by atoms with Crippen molar-refractivity contribution in [1.82, 2.24) is 14.9 Å². The zero-order valence-corrected chi connectivity index (χ0v) is 19.6. The molecule has 31 heavy (non-hydrogen) atoms. The molecule has 1 aromatic carbocycles. The fourth-order valence-corrected chi connectivity index (χ4v) is 4.28. The lowest BCUT2D eigenvalue weighted by molar-refractivity contribution is -0.151. The standard InChI is InChI=1S/C21H33N3O6S/c1-6-12-22-18(25)14-30-21(27)19(15(4)5)23-20(26)16-10-9-11-17(13-16)31(28,29)24(7-2)8-3/h9-11,13,15,19H,6-8,12,14H2,1-5H3,(H,22,25)(H,23,26)/t19-/m0/s1. The molecule has 0 saturated carbocycles. The molecule has 1 rings (SSSR count). The summed E-state index contributed by atoms with van der Waals surface area (Å²) in [6, 6.07) is 4.66. The van der Waals surface area contributed by atoms with Crippen LogP contribution in [0.4, 0.5) is 0 Å². The molecule has 2 N–H and O–H groups in total. The Labute approximate surface area is 184 Å². The maximum absolute atomic E-state index is 12.7. The van der Waals surface area contributed by atoms with E-state index < -0.39 is 40.5 Å². The average molecular weight is 456 g/mol. The van der Waals surface area contributed by atoms with Crippen LogP contribution in [-0.4, -0.2) is 62.8 Å². The molecule has 0 aliphatic heterocycles. The highest BCUT2D eigenvalue weighted by Crippen LogP contribution is 2.17. The summed E-state index contributed by atoms with van der Waals surface area (Å²) in [4.78, 5) is 36.8. The molecule has 9 nitrogen and oxygen atoms in total. The molecular formula is C21H33N3O6S. The second-order valence-electron chi connectivity index (χ2n) is 7.27. The summed E-state index contributed by atoms with van der Waals surface area (Å²) in [5.74, 6) is -2.07. The van der Waals surface area contributed by atoms with E-state index >= 15 is 0 Å². The fraction of sp³-hybridized carbons (Fsp3) is 0.571. The number of ether oxygens (including phenoxy) is 1. The molecule has 0 unspecified atom stereocenters. The van der Waals surface area contributed by atoms with Gasteiger partial charge in [-0.15, -0.1) is 0 Å². The zero-order valence-electron chi connectivity index (χ0n) is 18.8. The first-order valence-corrected chi connectivity index (χ1v) is 11.9. The second kappa shape index (κ2) is 12.4. The molecule has 0 heterocycles.